The average molecular weight is 278 g/mol. The van der Waals surface area contributed by atoms with E-state index in [2.05, 4.69) is 14.5 Å². The van der Waals surface area contributed by atoms with Gasteiger partial charge in [-0.05, 0) is 51.2 Å². The lowest BCUT2D eigenvalue weighted by atomic mass is 10.2. The molecular formula is C15H22N2O3. The van der Waals surface area contributed by atoms with E-state index in [9.17, 15) is 4.79 Å². The Bertz CT molecular complexity index is 439. The summed E-state index contributed by atoms with van der Waals surface area (Å²) in [5.74, 6) is 0.420. The topological polar surface area (TPSA) is 42.0 Å². The van der Waals surface area contributed by atoms with Crippen LogP contribution in [0.25, 0.3) is 0 Å². The summed E-state index contributed by atoms with van der Waals surface area (Å²) < 4.78 is 10.7. The van der Waals surface area contributed by atoms with Crippen LogP contribution >= 0.6 is 0 Å². The summed E-state index contributed by atoms with van der Waals surface area (Å²) in [6, 6.07) is 7.05. The van der Waals surface area contributed by atoms with Gasteiger partial charge in [0.15, 0.2) is 0 Å². The minimum Gasteiger partial charge on any atom is -0.465 e. The van der Waals surface area contributed by atoms with E-state index in [0.717, 1.165) is 18.8 Å². The number of nitrogens with zero attached hydrogens (tertiary/aromatic N) is 2. The summed E-state index contributed by atoms with van der Waals surface area (Å²) in [6.07, 6.45) is 2.37. The van der Waals surface area contributed by atoms with Gasteiger partial charge in [-0.15, -0.1) is 0 Å². The smallest absolute Gasteiger partial charge is 0.337 e. The molecule has 1 aliphatic heterocycles. The molecule has 110 valence electrons. The Morgan fingerprint density at radius 3 is 2.30 bits per heavy atom. The Hall–Kier alpha value is -1.59. The van der Waals surface area contributed by atoms with E-state index in [1.165, 1.54) is 20.0 Å². The van der Waals surface area contributed by atoms with E-state index in [4.69, 9.17) is 4.74 Å². The highest BCUT2D eigenvalue weighted by Gasteiger charge is 2.25. The quantitative estimate of drug-likeness (QED) is 0.607. The zero-order chi connectivity index (χ0) is 14.5. The summed E-state index contributed by atoms with van der Waals surface area (Å²) in [6.45, 7) is 2.12. The van der Waals surface area contributed by atoms with Gasteiger partial charge in [0, 0.05) is 13.1 Å². The molecule has 1 fully saturated rings. The van der Waals surface area contributed by atoms with Crippen molar-refractivity contribution in [3.8, 4) is 5.75 Å². The number of methoxy groups -OCH3 is 1. The number of rotatable bonds is 5. The molecule has 1 saturated heterocycles. The van der Waals surface area contributed by atoms with Gasteiger partial charge in [-0.3, -0.25) is 9.80 Å². The molecule has 1 aromatic carbocycles. The predicted molar refractivity (Wildman–Crippen MR) is 76.7 cm³/mol. The number of ether oxygens (including phenoxy) is 2. The lowest BCUT2D eigenvalue weighted by Gasteiger charge is -2.32. The molecule has 1 atom stereocenters. The molecule has 0 aliphatic carbocycles. The van der Waals surface area contributed by atoms with Gasteiger partial charge in [-0.1, -0.05) is 0 Å². The predicted octanol–water partition coefficient (Wildman–Crippen LogP) is 1.79. The molecule has 0 aromatic heterocycles. The van der Waals surface area contributed by atoms with Crippen LogP contribution in [0.1, 0.15) is 23.2 Å². The number of esters is 1. The molecule has 5 heteroatoms. The van der Waals surface area contributed by atoms with Crippen molar-refractivity contribution in [1.29, 1.82) is 0 Å². The van der Waals surface area contributed by atoms with Crippen LogP contribution in [0.4, 0.5) is 0 Å². The van der Waals surface area contributed by atoms with Gasteiger partial charge in [0.25, 0.3) is 0 Å². The second-order valence-corrected chi connectivity index (χ2v) is 5.17. The lowest BCUT2D eigenvalue weighted by molar-refractivity contribution is -0.0585. The Morgan fingerprint density at radius 1 is 1.20 bits per heavy atom. The van der Waals surface area contributed by atoms with Crippen LogP contribution in [-0.4, -0.2) is 56.4 Å². The van der Waals surface area contributed by atoms with E-state index in [1.807, 2.05) is 14.1 Å². The molecule has 5 nitrogen and oxygen atoms in total. The number of carbonyl (C=O) groups is 1. The molecule has 20 heavy (non-hydrogen) atoms. The highest BCUT2D eigenvalue weighted by molar-refractivity contribution is 5.89. The van der Waals surface area contributed by atoms with E-state index in [1.54, 1.807) is 24.3 Å². The summed E-state index contributed by atoms with van der Waals surface area (Å²) in [4.78, 5) is 15.8. The third kappa shape index (κ3) is 3.49. The summed E-state index contributed by atoms with van der Waals surface area (Å²) in [5, 5.41) is 0. The average Bonchev–Trinajstić information content (AvgIpc) is 2.98. The number of carbonyl (C=O) groups excluding carboxylic acids is 1. The van der Waals surface area contributed by atoms with Crippen molar-refractivity contribution in [3.05, 3.63) is 29.8 Å². The second kappa shape index (κ2) is 6.72. The molecule has 1 aromatic rings. The fourth-order valence-corrected chi connectivity index (χ4v) is 2.38. The van der Waals surface area contributed by atoms with Crippen molar-refractivity contribution in [3.63, 3.8) is 0 Å². The zero-order valence-electron chi connectivity index (χ0n) is 12.3. The monoisotopic (exact) mass is 278 g/mol. The van der Waals surface area contributed by atoms with Gasteiger partial charge in [0.05, 0.1) is 12.7 Å². The van der Waals surface area contributed by atoms with Gasteiger partial charge in [0.1, 0.15) is 5.75 Å². The lowest BCUT2D eigenvalue weighted by Crippen LogP contribution is -2.47. The van der Waals surface area contributed by atoms with Gasteiger partial charge >= 0.3 is 5.97 Å². The van der Waals surface area contributed by atoms with Gasteiger partial charge in [0.2, 0.25) is 6.35 Å². The maximum atomic E-state index is 11.4. The van der Waals surface area contributed by atoms with Crippen LogP contribution in [0.2, 0.25) is 0 Å². The van der Waals surface area contributed by atoms with Gasteiger partial charge < -0.3 is 9.47 Å². The van der Waals surface area contributed by atoms with E-state index >= 15 is 0 Å². The first-order chi connectivity index (χ1) is 9.61. The third-order valence-corrected chi connectivity index (χ3v) is 3.41. The van der Waals surface area contributed by atoms with Gasteiger partial charge in [-0.25, -0.2) is 4.79 Å². The third-order valence-electron chi connectivity index (χ3n) is 3.41. The fourth-order valence-electron chi connectivity index (χ4n) is 2.38. The molecular weight excluding hydrogens is 256 g/mol. The molecule has 1 aliphatic rings. The number of hydrogen-bond donors (Lipinski definition) is 0. The van der Waals surface area contributed by atoms with Crippen LogP contribution < -0.4 is 4.74 Å². The van der Waals surface area contributed by atoms with E-state index in [0.29, 0.717) is 5.56 Å². The Kier molecular flexibility index (Phi) is 4.98. The Morgan fingerprint density at radius 2 is 1.80 bits per heavy atom. The first-order valence-electron chi connectivity index (χ1n) is 6.87. The van der Waals surface area contributed by atoms with Crippen LogP contribution in [0.3, 0.4) is 0 Å². The standard InChI is InChI=1S/C15H22N2O3/c1-16(2)15(17-10-4-5-11-17)20-13-8-6-12(7-9-13)14(18)19-3/h6-9,15H,4-5,10-11H2,1-3H3. The maximum Gasteiger partial charge on any atom is 0.337 e. The Labute approximate surface area is 120 Å². The first-order valence-corrected chi connectivity index (χ1v) is 6.87. The molecule has 2 rings (SSSR count). The van der Waals surface area contributed by atoms with Crippen molar-refractivity contribution in [2.75, 3.05) is 34.3 Å². The van der Waals surface area contributed by atoms with Crippen molar-refractivity contribution in [2.45, 2.75) is 19.2 Å². The molecule has 1 unspecified atom stereocenters. The first kappa shape index (κ1) is 14.8. The molecule has 0 N–H and O–H groups in total. The summed E-state index contributed by atoms with van der Waals surface area (Å²) in [7, 11) is 5.39. The molecule has 0 saturated carbocycles. The highest BCUT2D eigenvalue weighted by atomic mass is 16.5. The number of likely N-dealkylation sites (tertiary alicyclic amines) is 1. The summed E-state index contributed by atoms with van der Waals surface area (Å²) >= 11 is 0. The van der Waals surface area contributed by atoms with Crippen LogP contribution in [0, 0.1) is 0 Å². The molecule has 1 heterocycles. The van der Waals surface area contributed by atoms with E-state index in [-0.39, 0.29) is 12.3 Å². The minimum absolute atomic E-state index is 0.0681. The van der Waals surface area contributed by atoms with E-state index < -0.39 is 0 Å². The summed E-state index contributed by atoms with van der Waals surface area (Å²) in [5.41, 5.74) is 0.530. The van der Waals surface area contributed by atoms with Crippen LogP contribution in [0.15, 0.2) is 24.3 Å². The fraction of sp³-hybridized carbons (Fsp3) is 0.533. The van der Waals surface area contributed by atoms with Crippen molar-refractivity contribution in [1.82, 2.24) is 9.80 Å². The van der Waals surface area contributed by atoms with Crippen LogP contribution in [0.5, 0.6) is 5.75 Å². The largest absolute Gasteiger partial charge is 0.465 e. The SMILES string of the molecule is COC(=O)c1ccc(OC(N(C)C)N2CCCC2)cc1. The van der Waals surface area contributed by atoms with Crippen molar-refractivity contribution >= 4 is 5.97 Å². The second-order valence-electron chi connectivity index (χ2n) is 5.17. The maximum absolute atomic E-state index is 11.4. The Balaban J connectivity index is 2.04. The molecule has 0 spiro atoms. The van der Waals surface area contributed by atoms with Gasteiger partial charge in [-0.2, -0.15) is 0 Å². The molecule has 0 radical (unpaired) electrons. The minimum atomic E-state index is -0.333. The highest BCUT2D eigenvalue weighted by Crippen LogP contribution is 2.19. The molecule has 0 amide bonds. The van der Waals surface area contributed by atoms with Crippen LogP contribution in [-0.2, 0) is 4.74 Å². The van der Waals surface area contributed by atoms with Crippen molar-refractivity contribution < 1.29 is 14.3 Å². The molecule has 0 bridgehead atoms. The number of hydrogen-bond acceptors (Lipinski definition) is 5. The zero-order valence-corrected chi connectivity index (χ0v) is 12.3. The number of benzene rings is 1. The normalized spacial score (nSPS) is 17.2. The van der Waals surface area contributed by atoms with Crippen molar-refractivity contribution in [2.24, 2.45) is 0 Å².